The van der Waals surface area contributed by atoms with E-state index < -0.39 is 17.3 Å². The van der Waals surface area contributed by atoms with Crippen molar-refractivity contribution in [3.8, 4) is 0 Å². The van der Waals surface area contributed by atoms with E-state index in [-0.39, 0.29) is 42.5 Å². The zero-order chi connectivity index (χ0) is 24.6. The molecule has 0 unspecified atom stereocenters. The van der Waals surface area contributed by atoms with E-state index in [9.17, 15) is 23.9 Å². The zero-order valence-electron chi connectivity index (χ0n) is 19.7. The number of rotatable bonds is 6. The number of imide groups is 1. The van der Waals surface area contributed by atoms with E-state index in [1.807, 2.05) is 17.5 Å². The normalized spacial score (nSPS) is 25.0. The van der Waals surface area contributed by atoms with Gasteiger partial charge in [-0.1, -0.05) is 31.0 Å². The number of hydrogen-bond donors (Lipinski definition) is 1. The second-order valence-corrected chi connectivity index (χ2v) is 11.1. The van der Waals surface area contributed by atoms with Crippen molar-refractivity contribution in [2.45, 2.75) is 68.9 Å². The molecule has 186 valence electrons. The predicted octanol–water partition coefficient (Wildman–Crippen LogP) is 4.19. The Bertz CT molecular complexity index is 1090. The third kappa shape index (κ3) is 4.54. The highest BCUT2D eigenvalue weighted by Gasteiger charge is 2.56. The highest BCUT2D eigenvalue weighted by Crippen LogP contribution is 2.43. The molecule has 2 atom stereocenters. The topological polar surface area (TPSA) is 77.9 Å². The van der Waals surface area contributed by atoms with Crippen LogP contribution in [0.5, 0.6) is 0 Å². The Kier molecular flexibility index (Phi) is 6.77. The molecule has 1 N–H and O–H groups in total. The summed E-state index contributed by atoms with van der Waals surface area (Å²) in [5, 5.41) is 12.6. The third-order valence-corrected chi connectivity index (χ3v) is 8.99. The number of carbonyl (C=O) groups excluding carboxylic acids is 3. The number of piperidine rings is 1. The summed E-state index contributed by atoms with van der Waals surface area (Å²) >= 11 is 1.53. The Labute approximate surface area is 208 Å². The minimum Gasteiger partial charge on any atom is -0.387 e. The van der Waals surface area contributed by atoms with Gasteiger partial charge in [-0.05, 0) is 60.7 Å². The molecule has 35 heavy (non-hydrogen) atoms. The first-order valence-corrected chi connectivity index (χ1v) is 13.4. The Morgan fingerprint density at radius 3 is 2.51 bits per heavy atom. The van der Waals surface area contributed by atoms with E-state index in [1.54, 1.807) is 11.0 Å². The molecule has 1 aromatic carbocycles. The molecule has 1 aliphatic carbocycles. The van der Waals surface area contributed by atoms with Crippen LogP contribution in [0.3, 0.4) is 0 Å². The van der Waals surface area contributed by atoms with E-state index in [0.29, 0.717) is 31.5 Å². The van der Waals surface area contributed by atoms with Gasteiger partial charge >= 0.3 is 0 Å². The summed E-state index contributed by atoms with van der Waals surface area (Å²) in [6, 6.07) is 9.50. The fourth-order valence-corrected chi connectivity index (χ4v) is 6.88. The lowest BCUT2D eigenvalue weighted by Gasteiger charge is -2.36. The SMILES string of the molecule is O=C(C[C@]1(c2cccc(F)c2)CC(=O)N(C2CCCC2)C1=O)N1CCC([C@H](O)c2cccs2)CC1. The standard InChI is InChI=1S/C27H31FN2O4S/c28-20-6-3-5-19(15-20)27(17-24(32)30(26(27)34)21-7-1-2-8-21)16-23(31)29-12-10-18(11-13-29)25(33)22-9-4-14-35-22/h3-6,9,14-15,18,21,25,33H,1-2,7-8,10-13,16-17H2/t25-,27+/m0/s1. The number of hydrogen-bond acceptors (Lipinski definition) is 5. The van der Waals surface area contributed by atoms with Crippen LogP contribution in [0.1, 0.15) is 67.9 Å². The van der Waals surface area contributed by atoms with Gasteiger partial charge in [0.2, 0.25) is 17.7 Å². The molecule has 3 heterocycles. The molecule has 3 amide bonds. The quantitative estimate of drug-likeness (QED) is 0.606. The largest absolute Gasteiger partial charge is 0.387 e. The molecule has 2 aromatic rings. The molecule has 5 rings (SSSR count). The molecule has 2 aliphatic heterocycles. The minimum absolute atomic E-state index is 0.0717. The number of halogens is 1. The highest BCUT2D eigenvalue weighted by molar-refractivity contribution is 7.10. The van der Waals surface area contributed by atoms with E-state index in [2.05, 4.69) is 0 Å². The molecule has 6 nitrogen and oxygen atoms in total. The van der Waals surface area contributed by atoms with Crippen molar-refractivity contribution in [2.75, 3.05) is 13.1 Å². The lowest BCUT2D eigenvalue weighted by Crippen LogP contribution is -2.47. The van der Waals surface area contributed by atoms with Gasteiger partial charge in [-0.3, -0.25) is 19.3 Å². The first-order chi connectivity index (χ1) is 16.9. The van der Waals surface area contributed by atoms with Crippen molar-refractivity contribution < 1.29 is 23.9 Å². The number of nitrogens with zero attached hydrogens (tertiary/aromatic N) is 2. The highest BCUT2D eigenvalue weighted by atomic mass is 32.1. The molecule has 2 saturated heterocycles. The molecule has 1 aromatic heterocycles. The van der Waals surface area contributed by atoms with Crippen molar-refractivity contribution in [1.29, 1.82) is 0 Å². The summed E-state index contributed by atoms with van der Waals surface area (Å²) in [6.07, 6.45) is 4.04. The molecular formula is C27H31FN2O4S. The van der Waals surface area contributed by atoms with E-state index in [4.69, 9.17) is 0 Å². The number of carbonyl (C=O) groups is 3. The van der Waals surface area contributed by atoms with Gasteiger partial charge in [-0.2, -0.15) is 0 Å². The lowest BCUT2D eigenvalue weighted by atomic mass is 9.75. The summed E-state index contributed by atoms with van der Waals surface area (Å²) in [6.45, 7) is 0.972. The fourth-order valence-electron chi connectivity index (χ4n) is 6.07. The van der Waals surface area contributed by atoms with E-state index in [1.165, 1.54) is 34.4 Å². The molecule has 0 spiro atoms. The smallest absolute Gasteiger partial charge is 0.241 e. The second kappa shape index (κ2) is 9.82. The summed E-state index contributed by atoms with van der Waals surface area (Å²) in [4.78, 5) is 44.4. The zero-order valence-corrected chi connectivity index (χ0v) is 20.5. The Morgan fingerprint density at radius 2 is 1.86 bits per heavy atom. The summed E-state index contributed by atoms with van der Waals surface area (Å²) in [5.41, 5.74) is -0.973. The van der Waals surface area contributed by atoms with Gasteiger partial charge in [0.1, 0.15) is 5.82 Å². The van der Waals surface area contributed by atoms with Gasteiger partial charge in [0.25, 0.3) is 0 Å². The number of likely N-dealkylation sites (tertiary alicyclic amines) is 2. The maximum Gasteiger partial charge on any atom is 0.241 e. The van der Waals surface area contributed by atoms with Gasteiger partial charge in [-0.25, -0.2) is 4.39 Å². The lowest BCUT2D eigenvalue weighted by molar-refractivity contribution is -0.145. The fraction of sp³-hybridized carbons (Fsp3) is 0.519. The number of amides is 3. The first kappa shape index (κ1) is 24.1. The number of aliphatic hydroxyl groups excluding tert-OH is 1. The van der Waals surface area contributed by atoms with Gasteiger partial charge < -0.3 is 10.0 Å². The summed E-state index contributed by atoms with van der Waals surface area (Å²) < 4.78 is 14.2. The van der Waals surface area contributed by atoms with Crippen LogP contribution in [0.15, 0.2) is 41.8 Å². The third-order valence-electron chi connectivity index (χ3n) is 8.04. The van der Waals surface area contributed by atoms with Crippen molar-refractivity contribution in [2.24, 2.45) is 5.92 Å². The predicted molar refractivity (Wildman–Crippen MR) is 130 cm³/mol. The Hall–Kier alpha value is -2.58. The summed E-state index contributed by atoms with van der Waals surface area (Å²) in [5.74, 6) is -1.25. The number of thiophene rings is 1. The van der Waals surface area contributed by atoms with Crippen LogP contribution in [-0.2, 0) is 19.8 Å². The van der Waals surface area contributed by atoms with Crippen LogP contribution in [0.4, 0.5) is 4.39 Å². The van der Waals surface area contributed by atoms with E-state index in [0.717, 1.165) is 30.6 Å². The molecule has 0 radical (unpaired) electrons. The first-order valence-electron chi connectivity index (χ1n) is 12.5. The molecule has 3 fully saturated rings. The maximum atomic E-state index is 14.2. The molecule has 0 bridgehead atoms. The van der Waals surface area contributed by atoms with E-state index >= 15 is 0 Å². The molecule has 8 heteroatoms. The molecule has 3 aliphatic rings. The average Bonchev–Trinajstić information content (AvgIpc) is 3.61. The van der Waals surface area contributed by atoms with Gasteiger partial charge in [0.15, 0.2) is 0 Å². The minimum atomic E-state index is -1.37. The Balaban J connectivity index is 1.34. The van der Waals surface area contributed by atoms with Gasteiger partial charge in [0.05, 0.1) is 11.5 Å². The number of benzene rings is 1. The van der Waals surface area contributed by atoms with Crippen molar-refractivity contribution in [3.05, 3.63) is 58.0 Å². The van der Waals surface area contributed by atoms with Crippen LogP contribution in [0.2, 0.25) is 0 Å². The maximum absolute atomic E-state index is 14.2. The van der Waals surface area contributed by atoms with Crippen molar-refractivity contribution >= 4 is 29.1 Å². The van der Waals surface area contributed by atoms with Crippen molar-refractivity contribution in [3.63, 3.8) is 0 Å². The van der Waals surface area contributed by atoms with Crippen LogP contribution < -0.4 is 0 Å². The van der Waals surface area contributed by atoms with Crippen LogP contribution in [0.25, 0.3) is 0 Å². The van der Waals surface area contributed by atoms with Crippen LogP contribution in [0, 0.1) is 11.7 Å². The molecular weight excluding hydrogens is 467 g/mol. The van der Waals surface area contributed by atoms with Gasteiger partial charge in [-0.15, -0.1) is 11.3 Å². The molecule has 1 saturated carbocycles. The van der Waals surface area contributed by atoms with Gasteiger partial charge in [0, 0.05) is 36.9 Å². The Morgan fingerprint density at radius 1 is 1.11 bits per heavy atom. The number of aliphatic hydroxyl groups is 1. The monoisotopic (exact) mass is 498 g/mol. The van der Waals surface area contributed by atoms with Crippen LogP contribution in [-0.4, -0.2) is 51.8 Å². The van der Waals surface area contributed by atoms with Crippen molar-refractivity contribution in [1.82, 2.24) is 9.80 Å². The summed E-state index contributed by atoms with van der Waals surface area (Å²) in [7, 11) is 0. The average molecular weight is 499 g/mol. The second-order valence-electron chi connectivity index (χ2n) is 10.1. The van der Waals surface area contributed by atoms with Crippen LogP contribution >= 0.6 is 11.3 Å².